The van der Waals surface area contributed by atoms with Crippen LogP contribution in [0.5, 0.6) is 0 Å². The Morgan fingerprint density at radius 2 is 0.229 bits per heavy atom. The van der Waals surface area contributed by atoms with E-state index in [1.165, 1.54) is 0 Å². The normalized spacial score (nSPS) is 22.0. The van der Waals surface area contributed by atoms with Crippen molar-refractivity contribution in [1.29, 1.82) is 0 Å². The van der Waals surface area contributed by atoms with Crippen LogP contribution in [0, 0.1) is 0 Å². The van der Waals surface area contributed by atoms with Crippen LogP contribution in [-0.2, 0) is 32.9 Å². The van der Waals surface area contributed by atoms with E-state index in [1.54, 1.807) is 0 Å². The maximum atomic E-state index is 14.3. The van der Waals surface area contributed by atoms with Gasteiger partial charge in [-0.3, -0.25) is 0 Å². The lowest BCUT2D eigenvalue weighted by Gasteiger charge is -2.52. The van der Waals surface area contributed by atoms with E-state index >= 15 is 0 Å². The molecule has 470 valence electrons. The van der Waals surface area contributed by atoms with Crippen molar-refractivity contribution in [3.05, 3.63) is 388 Å². The van der Waals surface area contributed by atoms with Crippen molar-refractivity contribution in [2.75, 3.05) is 0 Å². The highest BCUT2D eigenvalue weighted by atomic mass is 28.5. The van der Waals surface area contributed by atoms with Gasteiger partial charge in [0.25, 0.3) is 0 Å². The first kappa shape index (κ1) is 63.3. The molecule has 18 heteroatoms. The third-order valence-electron chi connectivity index (χ3n) is 17.7. The second kappa shape index (κ2) is 26.7. The van der Waals surface area contributed by atoms with Crippen molar-refractivity contribution in [1.82, 2.24) is 0 Å². The molecule has 0 amide bonds. The monoisotopic (exact) mass is 1390 g/mol. The number of benzene rings is 13. The van der Waals surface area contributed by atoms with E-state index in [1.807, 2.05) is 340 Å². The molecular weight excluding hydrogens is 1320 g/mol. The lowest BCUT2D eigenvalue weighted by atomic mass is 10.3. The summed E-state index contributed by atoms with van der Waals surface area (Å²) >= 11 is 0. The van der Waals surface area contributed by atoms with Gasteiger partial charge in [-0.05, 0) is 62.2 Å². The van der Waals surface area contributed by atoms with Crippen LogP contribution in [0.1, 0.15) is 0 Å². The van der Waals surface area contributed by atoms with Crippen LogP contribution in [0.4, 0.5) is 0 Å². The fourth-order valence-electron chi connectivity index (χ4n) is 13.2. The van der Waals surface area contributed by atoms with Crippen molar-refractivity contribution in [3.8, 4) is 0 Å². The molecule has 0 aliphatic carbocycles. The molecule has 0 unspecified atom stereocenters. The second-order valence-electron chi connectivity index (χ2n) is 23.6. The highest BCUT2D eigenvalue weighted by Crippen LogP contribution is 2.35. The van der Waals surface area contributed by atoms with Gasteiger partial charge in [0.05, 0.1) is 0 Å². The highest BCUT2D eigenvalue weighted by molar-refractivity contribution is 7.15. The van der Waals surface area contributed by atoms with Gasteiger partial charge in [-0.2, -0.15) is 0 Å². The van der Waals surface area contributed by atoms with Gasteiger partial charge < -0.3 is 42.5 Å². The Labute approximate surface area is 568 Å². The molecule has 13 aromatic rings. The number of hydrogen-bond donors (Lipinski definition) is 2. The number of hydrogen-bond acceptors (Lipinski definition) is 10. The molecule has 13 aromatic carbocycles. The molecule has 0 spiro atoms. The van der Waals surface area contributed by atoms with Crippen molar-refractivity contribution in [2.45, 2.75) is 0 Å². The molecule has 2 heterocycles. The fourth-order valence-corrected chi connectivity index (χ4v) is 54.2. The average Bonchev–Trinajstić information content (AvgIpc) is 0.707. The minimum absolute atomic E-state index is 0.493. The van der Waals surface area contributed by atoms with Crippen LogP contribution in [-0.4, -0.2) is 78.6 Å². The van der Waals surface area contributed by atoms with E-state index in [9.17, 15) is 9.59 Å². The first-order valence-electron chi connectivity index (χ1n) is 32.0. The van der Waals surface area contributed by atoms with E-state index < -0.39 is 69.0 Å². The lowest BCUT2D eigenvalue weighted by molar-refractivity contribution is 0.197. The predicted octanol–water partition coefficient (Wildman–Crippen LogP) is 5.66. The molecule has 0 radical (unpaired) electrons. The molecule has 10 nitrogen and oxygen atoms in total. The van der Waals surface area contributed by atoms with Crippen molar-refractivity contribution < 1.29 is 42.5 Å². The van der Waals surface area contributed by atoms with Crippen molar-refractivity contribution >= 4 is 142 Å². The molecule has 96 heavy (non-hydrogen) atoms. The Hall–Kier alpha value is -8.80. The minimum Gasteiger partial charge on any atom is -0.402 e. The Morgan fingerprint density at radius 1 is 0.125 bits per heavy atom. The zero-order chi connectivity index (χ0) is 65.0. The standard InChI is InChI=1S/C78H66O10Si8/c79-95(77-57-33-11-34-58-77)85-91(67-41-17-3-18-42-67,68-43-19-4-20-44-68)81-89(65-37-13-1-14-38-65,82-92(86-95,69-45-21-5-22-46-69)70-47-23-6-24-48-70)75-61-63-76(64-62-75)90(66-39-15-2-16-40-66)83-93(71-49-25-7-26-50-71,72-51-27-8-28-52-72)87-96(80,78-59-35-12-36-60-78)88-94(84-90,73-53-29-9-30-54-73)74-55-31-10-32-56-74/h1-64,79-80H. The van der Waals surface area contributed by atoms with Crippen LogP contribution in [0.2, 0.25) is 0 Å². The van der Waals surface area contributed by atoms with Gasteiger partial charge in [0.2, 0.25) is 0 Å². The molecule has 0 atom stereocenters. The molecule has 2 fully saturated rings. The fraction of sp³-hybridized carbons (Fsp3) is 0. The van der Waals surface area contributed by atoms with Gasteiger partial charge in [0.1, 0.15) is 0 Å². The summed E-state index contributed by atoms with van der Waals surface area (Å²) in [6.07, 6.45) is 0. The predicted molar refractivity (Wildman–Crippen MR) is 398 cm³/mol. The smallest absolute Gasteiger partial charge is 0.402 e. The van der Waals surface area contributed by atoms with Crippen LogP contribution < -0.4 is 72.6 Å². The summed E-state index contributed by atoms with van der Waals surface area (Å²) in [4.78, 5) is 28.6. The third-order valence-corrected chi connectivity index (χ3v) is 51.2. The van der Waals surface area contributed by atoms with Crippen LogP contribution in [0.15, 0.2) is 388 Å². The average molecular weight is 1390 g/mol. The van der Waals surface area contributed by atoms with E-state index in [-0.39, 0.29) is 0 Å². The Morgan fingerprint density at radius 3 is 0.365 bits per heavy atom. The Kier molecular flexibility index (Phi) is 17.6. The molecular formula is C78H66O10Si8. The SMILES string of the molecule is O[Si]1(c2ccccc2)O[Si](c2ccccc2)(c2ccccc2)O[Si](c2ccccc2)(c2ccc([Si]3(c4ccccc4)O[Si](c4ccccc4)(c4ccccc4)O[Si](O)(c4ccccc4)O[Si](c4ccccc4)(c4ccccc4)O3)cc2)O[Si](c2ccccc2)(c2ccccc2)O1. The van der Waals surface area contributed by atoms with Gasteiger partial charge in [0.15, 0.2) is 0 Å². The van der Waals surface area contributed by atoms with Crippen molar-refractivity contribution in [2.24, 2.45) is 0 Å². The molecule has 0 saturated carbocycles. The van der Waals surface area contributed by atoms with E-state index in [4.69, 9.17) is 32.9 Å². The van der Waals surface area contributed by atoms with Crippen LogP contribution >= 0.6 is 0 Å². The quantitative estimate of drug-likeness (QED) is 0.132. The zero-order valence-electron chi connectivity index (χ0n) is 52.1. The van der Waals surface area contributed by atoms with Crippen LogP contribution in [0.25, 0.3) is 0 Å². The Bertz CT molecular complexity index is 4030. The molecule has 2 aliphatic rings. The summed E-state index contributed by atoms with van der Waals surface area (Å²) < 4.78 is 66.8. The largest absolute Gasteiger partial charge is 0.517 e. The van der Waals surface area contributed by atoms with Gasteiger partial charge in [-0.15, -0.1) is 0 Å². The topological polar surface area (TPSA) is 114 Å². The molecule has 0 bridgehead atoms. The van der Waals surface area contributed by atoms with Gasteiger partial charge in [-0.1, -0.05) is 388 Å². The van der Waals surface area contributed by atoms with E-state index in [0.29, 0.717) is 20.7 Å². The lowest BCUT2D eigenvalue weighted by Crippen LogP contribution is -2.87. The van der Waals surface area contributed by atoms with Gasteiger partial charge in [0, 0.05) is 10.4 Å². The van der Waals surface area contributed by atoms with E-state index in [0.717, 1.165) is 51.9 Å². The summed E-state index contributed by atoms with van der Waals surface area (Å²) in [5.41, 5.74) is 0. The summed E-state index contributed by atoms with van der Waals surface area (Å²) in [5.74, 6) is 0. The molecule has 0 aromatic heterocycles. The van der Waals surface area contributed by atoms with Gasteiger partial charge >= 0.3 is 69.0 Å². The third kappa shape index (κ3) is 11.5. The van der Waals surface area contributed by atoms with Gasteiger partial charge in [-0.25, -0.2) is 0 Å². The first-order chi connectivity index (χ1) is 47.1. The summed E-state index contributed by atoms with van der Waals surface area (Å²) in [6, 6.07) is 128. The van der Waals surface area contributed by atoms with Crippen LogP contribution in [0.3, 0.4) is 0 Å². The molecule has 2 N–H and O–H groups in total. The summed E-state index contributed by atoms with van der Waals surface area (Å²) in [7, 11) is -36.2. The highest BCUT2D eigenvalue weighted by Gasteiger charge is 2.70. The zero-order valence-corrected chi connectivity index (χ0v) is 60.1. The molecule has 2 aliphatic heterocycles. The Balaban J connectivity index is 1.06. The summed E-state index contributed by atoms with van der Waals surface area (Å²) in [5, 5.41) is 9.82. The minimum atomic E-state index is -4.78. The first-order valence-corrected chi connectivity index (χ1v) is 46.4. The maximum Gasteiger partial charge on any atom is 0.517 e. The number of rotatable bonds is 14. The van der Waals surface area contributed by atoms with Crippen molar-refractivity contribution in [3.63, 3.8) is 0 Å². The molecule has 15 rings (SSSR count). The van der Waals surface area contributed by atoms with E-state index in [2.05, 4.69) is 48.5 Å². The summed E-state index contributed by atoms with van der Waals surface area (Å²) in [6.45, 7) is 0. The second-order valence-corrected chi connectivity index (χ2v) is 48.0. The molecule has 2 saturated heterocycles. The maximum absolute atomic E-state index is 14.3.